The van der Waals surface area contributed by atoms with Gasteiger partial charge in [-0.25, -0.2) is 4.79 Å². The molecule has 0 saturated heterocycles. The zero-order valence-corrected chi connectivity index (χ0v) is 7.68. The zero-order valence-electron chi connectivity index (χ0n) is 7.68. The number of fused-ring (bicyclic) bond motifs is 1. The monoisotopic (exact) mass is 204 g/mol. The number of nitrogens with one attached hydrogen (secondary N) is 1. The first kappa shape index (κ1) is 9.26. The Morgan fingerprint density at radius 1 is 1.47 bits per heavy atom. The summed E-state index contributed by atoms with van der Waals surface area (Å²) in [6, 6.07) is 3.49. The predicted molar refractivity (Wildman–Crippen MR) is 54.3 cm³/mol. The molecule has 0 atom stereocenters. The van der Waals surface area contributed by atoms with Crippen molar-refractivity contribution in [3.8, 4) is 0 Å². The highest BCUT2D eigenvalue weighted by molar-refractivity contribution is 6.13. The molecule has 15 heavy (non-hydrogen) atoms. The Morgan fingerprint density at radius 3 is 2.93 bits per heavy atom. The molecule has 0 spiro atoms. The maximum absolute atomic E-state index is 10.9. The van der Waals surface area contributed by atoms with Crippen LogP contribution in [0.2, 0.25) is 0 Å². The summed E-state index contributed by atoms with van der Waals surface area (Å²) in [5, 5.41) is 8.91. The average molecular weight is 204 g/mol. The van der Waals surface area contributed by atoms with Gasteiger partial charge in [-0.15, -0.1) is 0 Å². The number of carboxylic acid groups (broad SMARTS) is 1. The third kappa shape index (κ3) is 1.43. The molecule has 5 nitrogen and oxygen atoms in total. The highest BCUT2D eigenvalue weighted by atomic mass is 16.4. The maximum atomic E-state index is 10.9. The molecule has 2 N–H and O–H groups in total. The summed E-state index contributed by atoms with van der Waals surface area (Å²) in [4.78, 5) is 24.2. The minimum absolute atomic E-state index is 0.0698. The number of carbonyl (C=O) groups is 2. The number of aromatic amines is 1. The molecule has 0 radical (unpaired) electrons. The van der Waals surface area contributed by atoms with E-state index < -0.39 is 5.97 Å². The van der Waals surface area contributed by atoms with Crippen LogP contribution < -0.4 is 0 Å². The van der Waals surface area contributed by atoms with Crippen LogP contribution in [0.1, 0.15) is 0 Å². The molecule has 0 amide bonds. The number of hydrogen-bond acceptors (Lipinski definition) is 2. The molecule has 2 aromatic rings. The summed E-state index contributed by atoms with van der Waals surface area (Å²) in [7, 11) is 0. The molecule has 0 unspecified atom stereocenters. The van der Waals surface area contributed by atoms with E-state index in [2.05, 4.69) is 4.98 Å². The topological polar surface area (TPSA) is 75.1 Å². The van der Waals surface area contributed by atoms with E-state index in [1.807, 2.05) is 0 Å². The van der Waals surface area contributed by atoms with E-state index in [-0.39, 0.29) is 5.70 Å². The molecular weight excluding hydrogens is 196 g/mol. The summed E-state index contributed by atoms with van der Waals surface area (Å²) < 4.78 is 1.45. The second kappa shape index (κ2) is 3.45. The number of allylic oxidation sites excluding steroid dienone is 1. The van der Waals surface area contributed by atoms with E-state index in [0.29, 0.717) is 6.29 Å². The van der Waals surface area contributed by atoms with Gasteiger partial charge in [0.1, 0.15) is 12.0 Å². The van der Waals surface area contributed by atoms with Crippen molar-refractivity contribution in [2.45, 2.75) is 0 Å². The molecule has 0 aromatic carbocycles. The number of carbonyl (C=O) groups excluding carboxylic acids is 1. The van der Waals surface area contributed by atoms with Crippen LogP contribution in [0.4, 0.5) is 0 Å². The Labute approximate surface area is 84.6 Å². The molecular formula is C10H8N2O3. The van der Waals surface area contributed by atoms with Gasteiger partial charge >= 0.3 is 5.97 Å². The highest BCUT2D eigenvalue weighted by Crippen LogP contribution is 2.18. The van der Waals surface area contributed by atoms with Crippen molar-refractivity contribution in [2.75, 3.05) is 0 Å². The van der Waals surface area contributed by atoms with E-state index in [9.17, 15) is 9.59 Å². The maximum Gasteiger partial charge on any atom is 0.352 e. The third-order valence-corrected chi connectivity index (χ3v) is 2.11. The lowest BCUT2D eigenvalue weighted by Crippen LogP contribution is -2.06. The molecule has 76 valence electrons. The van der Waals surface area contributed by atoms with Gasteiger partial charge in [0.15, 0.2) is 0 Å². The summed E-state index contributed by atoms with van der Waals surface area (Å²) in [5.41, 5.74) is 1.48. The molecule has 0 fully saturated rings. The lowest BCUT2D eigenvalue weighted by molar-refractivity contribution is -0.130. The van der Waals surface area contributed by atoms with Crippen molar-refractivity contribution in [3.63, 3.8) is 0 Å². The lowest BCUT2D eigenvalue weighted by atomic mass is 10.4. The van der Waals surface area contributed by atoms with E-state index in [1.54, 1.807) is 24.5 Å². The Balaban J connectivity index is 2.63. The lowest BCUT2D eigenvalue weighted by Gasteiger charge is -2.02. The van der Waals surface area contributed by atoms with E-state index >= 15 is 0 Å². The summed E-state index contributed by atoms with van der Waals surface area (Å²) in [6.07, 6.45) is 4.79. The first-order valence-corrected chi connectivity index (χ1v) is 4.27. The number of aldehydes is 1. The van der Waals surface area contributed by atoms with Gasteiger partial charge in [0.2, 0.25) is 0 Å². The number of hydrogen-bond donors (Lipinski definition) is 2. The number of aliphatic carboxylic acids is 1. The van der Waals surface area contributed by atoms with Gasteiger partial charge in [0, 0.05) is 18.5 Å². The van der Waals surface area contributed by atoms with Crippen molar-refractivity contribution in [1.82, 2.24) is 9.55 Å². The predicted octanol–water partition coefficient (Wildman–Crippen LogP) is 1.09. The molecule has 2 heterocycles. The fourth-order valence-corrected chi connectivity index (χ4v) is 1.48. The molecule has 5 heteroatoms. The standard InChI is InChI=1S/C10H8N2O3/c13-6-3-9(10(14)15)12-5-2-7-8(12)1-4-11-7/h1-6,11H,(H,14,15)/b9-3+. The van der Waals surface area contributed by atoms with Crippen LogP contribution in [0.5, 0.6) is 0 Å². The minimum atomic E-state index is -1.14. The summed E-state index contributed by atoms with van der Waals surface area (Å²) in [6.45, 7) is 0. The normalized spacial score (nSPS) is 11.9. The molecule has 2 rings (SSSR count). The van der Waals surface area contributed by atoms with Crippen LogP contribution in [0, 0.1) is 0 Å². The third-order valence-electron chi connectivity index (χ3n) is 2.11. The molecule has 0 bridgehead atoms. The SMILES string of the molecule is O=C/C=C(\C(=O)O)n1ccc2[nH]ccc21. The van der Waals surface area contributed by atoms with Gasteiger partial charge in [-0.3, -0.25) is 4.79 Å². The van der Waals surface area contributed by atoms with E-state index in [1.165, 1.54) is 4.57 Å². The van der Waals surface area contributed by atoms with Crippen LogP contribution in [0.25, 0.3) is 16.7 Å². The van der Waals surface area contributed by atoms with Gasteiger partial charge in [0.25, 0.3) is 0 Å². The van der Waals surface area contributed by atoms with Crippen molar-refractivity contribution >= 4 is 29.0 Å². The van der Waals surface area contributed by atoms with Crippen LogP contribution in [-0.2, 0) is 9.59 Å². The summed E-state index contributed by atoms with van der Waals surface area (Å²) in [5.74, 6) is -1.14. The first-order chi connectivity index (χ1) is 7.24. The largest absolute Gasteiger partial charge is 0.477 e. The minimum Gasteiger partial charge on any atom is -0.477 e. The van der Waals surface area contributed by atoms with Crippen LogP contribution >= 0.6 is 0 Å². The van der Waals surface area contributed by atoms with E-state index in [4.69, 9.17) is 5.11 Å². The average Bonchev–Trinajstić information content (AvgIpc) is 2.75. The highest BCUT2D eigenvalue weighted by Gasteiger charge is 2.12. The van der Waals surface area contributed by atoms with Gasteiger partial charge in [0.05, 0.1) is 11.0 Å². The molecule has 2 aromatic heterocycles. The van der Waals surface area contributed by atoms with Gasteiger partial charge in [-0.2, -0.15) is 0 Å². The summed E-state index contributed by atoms with van der Waals surface area (Å²) >= 11 is 0. The number of carboxylic acids is 1. The van der Waals surface area contributed by atoms with Crippen LogP contribution in [0.3, 0.4) is 0 Å². The second-order valence-corrected chi connectivity index (χ2v) is 2.96. The fraction of sp³-hybridized carbons (Fsp3) is 0. The fourth-order valence-electron chi connectivity index (χ4n) is 1.48. The van der Waals surface area contributed by atoms with Crippen molar-refractivity contribution < 1.29 is 14.7 Å². The molecule has 0 aliphatic rings. The van der Waals surface area contributed by atoms with Crippen molar-refractivity contribution in [1.29, 1.82) is 0 Å². The van der Waals surface area contributed by atoms with Gasteiger partial charge in [-0.05, 0) is 12.1 Å². The zero-order chi connectivity index (χ0) is 10.8. The smallest absolute Gasteiger partial charge is 0.352 e. The Morgan fingerprint density at radius 2 is 2.27 bits per heavy atom. The van der Waals surface area contributed by atoms with Gasteiger partial charge in [-0.1, -0.05) is 0 Å². The molecule has 0 aliphatic heterocycles. The van der Waals surface area contributed by atoms with Crippen LogP contribution in [0.15, 0.2) is 30.6 Å². The molecule has 0 aliphatic carbocycles. The van der Waals surface area contributed by atoms with E-state index in [0.717, 1.165) is 17.1 Å². The number of rotatable bonds is 3. The number of aromatic nitrogens is 2. The van der Waals surface area contributed by atoms with Crippen molar-refractivity contribution in [2.24, 2.45) is 0 Å². The number of nitrogens with zero attached hydrogens (tertiary/aromatic N) is 1. The Hall–Kier alpha value is -2.30. The first-order valence-electron chi connectivity index (χ1n) is 4.27. The quantitative estimate of drug-likeness (QED) is 0.580. The second-order valence-electron chi connectivity index (χ2n) is 2.96. The Kier molecular flexibility index (Phi) is 2.13. The van der Waals surface area contributed by atoms with Gasteiger partial charge < -0.3 is 14.7 Å². The molecule has 0 saturated carbocycles. The Bertz CT molecular complexity index is 548. The van der Waals surface area contributed by atoms with Crippen molar-refractivity contribution in [3.05, 3.63) is 30.6 Å². The number of H-pyrrole nitrogens is 1. The van der Waals surface area contributed by atoms with Crippen LogP contribution in [-0.4, -0.2) is 26.9 Å².